The highest BCUT2D eigenvalue weighted by Gasteiger charge is 2.18. The number of carbonyl (C=O) groups is 1. The van der Waals surface area contributed by atoms with Gasteiger partial charge >= 0.3 is 0 Å². The summed E-state index contributed by atoms with van der Waals surface area (Å²) >= 11 is 7.76. The first-order valence-electron chi connectivity index (χ1n) is 5.79. The van der Waals surface area contributed by atoms with Crippen LogP contribution in [0, 0.1) is 0 Å². The molecule has 3 nitrogen and oxygen atoms in total. The Labute approximate surface area is 130 Å². The molecule has 0 fully saturated rings. The van der Waals surface area contributed by atoms with Gasteiger partial charge in [0.25, 0.3) is 0 Å². The van der Waals surface area contributed by atoms with Gasteiger partial charge in [-0.2, -0.15) is 11.8 Å². The molecule has 0 saturated carbocycles. The van der Waals surface area contributed by atoms with E-state index < -0.39 is 6.04 Å². The standard InChI is InChI=1S/C13H19ClN2OS.ClH/c1-16(13(17)12(15)7-8-18-2)9-10-5-3-4-6-11(10)14;/h3-6,12H,7-9,15H2,1-2H3;1H/t12-;/m0./s1. The van der Waals surface area contributed by atoms with Crippen LogP contribution in [0.5, 0.6) is 0 Å². The van der Waals surface area contributed by atoms with E-state index in [4.69, 9.17) is 17.3 Å². The molecule has 1 atom stereocenters. The van der Waals surface area contributed by atoms with Crippen LogP contribution in [0.2, 0.25) is 5.02 Å². The Balaban J connectivity index is 0.00000324. The van der Waals surface area contributed by atoms with Crippen LogP contribution in [0.15, 0.2) is 24.3 Å². The maximum Gasteiger partial charge on any atom is 0.239 e. The zero-order valence-electron chi connectivity index (χ0n) is 11.1. The fourth-order valence-electron chi connectivity index (χ4n) is 1.61. The Morgan fingerprint density at radius 1 is 1.47 bits per heavy atom. The van der Waals surface area contributed by atoms with Gasteiger partial charge in [-0.25, -0.2) is 0 Å². The van der Waals surface area contributed by atoms with Gasteiger partial charge in [-0.05, 0) is 30.1 Å². The van der Waals surface area contributed by atoms with Crippen molar-refractivity contribution in [1.82, 2.24) is 4.90 Å². The summed E-state index contributed by atoms with van der Waals surface area (Å²) in [5.41, 5.74) is 6.80. The lowest BCUT2D eigenvalue weighted by Gasteiger charge is -2.21. The number of benzene rings is 1. The van der Waals surface area contributed by atoms with Gasteiger partial charge in [0, 0.05) is 18.6 Å². The van der Waals surface area contributed by atoms with Crippen LogP contribution in [0.1, 0.15) is 12.0 Å². The largest absolute Gasteiger partial charge is 0.340 e. The maximum absolute atomic E-state index is 12.0. The summed E-state index contributed by atoms with van der Waals surface area (Å²) < 4.78 is 0. The predicted molar refractivity (Wildman–Crippen MR) is 86.1 cm³/mol. The van der Waals surface area contributed by atoms with Crippen LogP contribution >= 0.6 is 35.8 Å². The fraction of sp³-hybridized carbons (Fsp3) is 0.462. The molecule has 0 saturated heterocycles. The molecule has 0 heterocycles. The Bertz CT molecular complexity index is 404. The molecule has 0 unspecified atom stereocenters. The van der Waals surface area contributed by atoms with Gasteiger partial charge in [0.05, 0.1) is 6.04 Å². The van der Waals surface area contributed by atoms with Gasteiger partial charge in [0.2, 0.25) is 5.91 Å². The fourth-order valence-corrected chi connectivity index (χ4v) is 2.30. The molecule has 19 heavy (non-hydrogen) atoms. The van der Waals surface area contributed by atoms with E-state index in [9.17, 15) is 4.79 Å². The molecule has 1 aromatic carbocycles. The number of hydrogen-bond acceptors (Lipinski definition) is 3. The number of amides is 1. The van der Waals surface area contributed by atoms with E-state index >= 15 is 0 Å². The van der Waals surface area contributed by atoms with Gasteiger partial charge in [-0.15, -0.1) is 12.4 Å². The number of carbonyl (C=O) groups excluding carboxylic acids is 1. The van der Waals surface area contributed by atoms with Gasteiger partial charge < -0.3 is 10.6 Å². The minimum atomic E-state index is -0.426. The first-order chi connectivity index (χ1) is 8.56. The van der Waals surface area contributed by atoms with E-state index in [1.807, 2.05) is 30.5 Å². The zero-order valence-corrected chi connectivity index (χ0v) is 13.5. The van der Waals surface area contributed by atoms with E-state index in [1.54, 1.807) is 23.7 Å². The molecule has 1 amide bonds. The highest BCUT2D eigenvalue weighted by Crippen LogP contribution is 2.16. The summed E-state index contributed by atoms with van der Waals surface area (Å²) in [7, 11) is 1.75. The first-order valence-corrected chi connectivity index (χ1v) is 7.56. The molecule has 0 aliphatic rings. The van der Waals surface area contributed by atoms with Gasteiger partial charge in [0.1, 0.15) is 0 Å². The molecule has 1 rings (SSSR count). The number of hydrogen-bond donors (Lipinski definition) is 1. The molecular weight excluding hydrogens is 303 g/mol. The zero-order chi connectivity index (χ0) is 13.5. The molecule has 0 aliphatic heterocycles. The molecule has 0 aromatic heterocycles. The predicted octanol–water partition coefficient (Wildman–Crippen LogP) is 2.80. The molecule has 0 radical (unpaired) electrons. The van der Waals surface area contributed by atoms with Crippen molar-refractivity contribution in [2.24, 2.45) is 5.73 Å². The van der Waals surface area contributed by atoms with E-state index in [0.717, 1.165) is 11.3 Å². The van der Waals surface area contributed by atoms with Gasteiger partial charge in [-0.3, -0.25) is 4.79 Å². The van der Waals surface area contributed by atoms with Crippen molar-refractivity contribution in [2.75, 3.05) is 19.1 Å². The number of rotatable bonds is 6. The summed E-state index contributed by atoms with van der Waals surface area (Å²) in [6.45, 7) is 0.492. The lowest BCUT2D eigenvalue weighted by atomic mass is 10.2. The Morgan fingerprint density at radius 2 is 2.11 bits per heavy atom. The van der Waals surface area contributed by atoms with Crippen LogP contribution in [0.25, 0.3) is 0 Å². The Kier molecular flexibility index (Phi) is 9.27. The van der Waals surface area contributed by atoms with Crippen molar-refractivity contribution in [3.63, 3.8) is 0 Å². The van der Waals surface area contributed by atoms with Crippen molar-refractivity contribution in [3.8, 4) is 0 Å². The second-order valence-corrected chi connectivity index (χ2v) is 5.57. The normalized spacial score (nSPS) is 11.6. The molecule has 6 heteroatoms. The minimum Gasteiger partial charge on any atom is -0.340 e. The molecule has 0 aliphatic carbocycles. The maximum atomic E-state index is 12.0. The van der Waals surface area contributed by atoms with Gasteiger partial charge in [-0.1, -0.05) is 29.8 Å². The monoisotopic (exact) mass is 322 g/mol. The Hall–Kier alpha value is -0.420. The minimum absolute atomic E-state index is 0. The lowest BCUT2D eigenvalue weighted by Crippen LogP contribution is -2.41. The second kappa shape index (κ2) is 9.48. The molecular formula is C13H20Cl2N2OS. The van der Waals surface area contributed by atoms with Crippen molar-refractivity contribution >= 4 is 41.7 Å². The summed E-state index contributed by atoms with van der Waals surface area (Å²) in [6, 6.07) is 7.10. The van der Waals surface area contributed by atoms with Crippen molar-refractivity contribution in [3.05, 3.63) is 34.9 Å². The van der Waals surface area contributed by atoms with Crippen LogP contribution < -0.4 is 5.73 Å². The summed E-state index contributed by atoms with van der Waals surface area (Å²) in [4.78, 5) is 13.6. The van der Waals surface area contributed by atoms with Crippen LogP contribution in [-0.4, -0.2) is 35.9 Å². The van der Waals surface area contributed by atoms with Crippen LogP contribution in [0.3, 0.4) is 0 Å². The van der Waals surface area contributed by atoms with Crippen molar-refractivity contribution in [2.45, 2.75) is 19.0 Å². The SMILES string of the molecule is CSCC[C@H](N)C(=O)N(C)Cc1ccccc1Cl.Cl. The smallest absolute Gasteiger partial charge is 0.239 e. The van der Waals surface area contributed by atoms with Crippen molar-refractivity contribution in [1.29, 1.82) is 0 Å². The molecule has 0 bridgehead atoms. The average Bonchev–Trinajstić information content (AvgIpc) is 2.37. The molecule has 108 valence electrons. The molecule has 0 spiro atoms. The third kappa shape index (κ3) is 6.04. The quantitative estimate of drug-likeness (QED) is 0.876. The second-order valence-electron chi connectivity index (χ2n) is 4.17. The first kappa shape index (κ1) is 18.6. The summed E-state index contributed by atoms with van der Waals surface area (Å²) in [5.74, 6) is 0.858. The Morgan fingerprint density at radius 3 is 2.68 bits per heavy atom. The average molecular weight is 323 g/mol. The number of nitrogens with zero attached hydrogens (tertiary/aromatic N) is 1. The number of nitrogens with two attached hydrogens (primary N) is 1. The van der Waals surface area contributed by atoms with E-state index in [-0.39, 0.29) is 18.3 Å². The van der Waals surface area contributed by atoms with Crippen LogP contribution in [-0.2, 0) is 11.3 Å². The lowest BCUT2D eigenvalue weighted by molar-refractivity contribution is -0.131. The topological polar surface area (TPSA) is 46.3 Å². The summed E-state index contributed by atoms with van der Waals surface area (Å²) in [6.07, 6.45) is 2.71. The number of halogens is 2. The van der Waals surface area contributed by atoms with Crippen LogP contribution in [0.4, 0.5) is 0 Å². The van der Waals surface area contributed by atoms with E-state index in [2.05, 4.69) is 0 Å². The highest BCUT2D eigenvalue weighted by molar-refractivity contribution is 7.98. The summed E-state index contributed by atoms with van der Waals surface area (Å²) in [5, 5.41) is 0.676. The van der Waals surface area contributed by atoms with Gasteiger partial charge in [0.15, 0.2) is 0 Å². The highest BCUT2D eigenvalue weighted by atomic mass is 35.5. The van der Waals surface area contributed by atoms with E-state index in [0.29, 0.717) is 18.0 Å². The number of thioether (sulfide) groups is 1. The molecule has 2 N–H and O–H groups in total. The van der Waals surface area contributed by atoms with E-state index in [1.165, 1.54) is 0 Å². The van der Waals surface area contributed by atoms with Crippen molar-refractivity contribution < 1.29 is 4.79 Å². The third-order valence-electron chi connectivity index (χ3n) is 2.69. The third-order valence-corrected chi connectivity index (χ3v) is 3.70. The molecule has 1 aromatic rings. The number of likely N-dealkylation sites (N-methyl/N-ethyl adjacent to an activating group) is 1.